The van der Waals surface area contributed by atoms with Crippen LogP contribution in [0.3, 0.4) is 0 Å². The van der Waals surface area contributed by atoms with E-state index in [1.165, 1.54) is 11.3 Å². The van der Waals surface area contributed by atoms with Gasteiger partial charge in [-0.25, -0.2) is 0 Å². The first-order chi connectivity index (χ1) is 14.9. The standard InChI is InChI=1S/C25H34N2O4/c1-21-7-5-6-10-23(21)27-13-11-24(28,12-14-27)17-26-15-16-30-19-25(29,18-26)20-31-22-8-3-2-4-9-22/h2-10,28-29H,11-20H2,1H3. The van der Waals surface area contributed by atoms with Crippen LogP contribution in [0.15, 0.2) is 54.6 Å². The van der Waals surface area contributed by atoms with Crippen LogP contribution < -0.4 is 9.64 Å². The van der Waals surface area contributed by atoms with Crippen molar-refractivity contribution in [1.82, 2.24) is 4.90 Å². The first kappa shape index (κ1) is 22.1. The Kier molecular flexibility index (Phi) is 6.82. The lowest BCUT2D eigenvalue weighted by Gasteiger charge is -2.42. The third-order valence-electron chi connectivity index (χ3n) is 6.36. The Labute approximate surface area is 185 Å². The van der Waals surface area contributed by atoms with Gasteiger partial charge < -0.3 is 24.6 Å². The van der Waals surface area contributed by atoms with Crippen LogP contribution in [0, 0.1) is 6.92 Å². The molecule has 168 valence electrons. The van der Waals surface area contributed by atoms with Gasteiger partial charge in [-0.15, -0.1) is 0 Å². The molecule has 1 unspecified atom stereocenters. The summed E-state index contributed by atoms with van der Waals surface area (Å²) in [4.78, 5) is 4.49. The van der Waals surface area contributed by atoms with Crippen molar-refractivity contribution >= 4 is 5.69 Å². The predicted molar refractivity (Wildman–Crippen MR) is 122 cm³/mol. The molecule has 0 bridgehead atoms. The molecule has 2 aromatic carbocycles. The third-order valence-corrected chi connectivity index (χ3v) is 6.36. The quantitative estimate of drug-likeness (QED) is 0.740. The van der Waals surface area contributed by atoms with Crippen LogP contribution in [0.25, 0.3) is 0 Å². The molecule has 0 aliphatic carbocycles. The summed E-state index contributed by atoms with van der Waals surface area (Å²) < 4.78 is 11.5. The van der Waals surface area contributed by atoms with Crippen LogP contribution in [0.2, 0.25) is 0 Å². The molecular formula is C25H34N2O4. The van der Waals surface area contributed by atoms with Crippen LogP contribution >= 0.6 is 0 Å². The second-order valence-electron chi connectivity index (χ2n) is 9.09. The Bertz CT molecular complexity index is 838. The number of hydrogen-bond donors (Lipinski definition) is 2. The lowest BCUT2D eigenvalue weighted by atomic mass is 9.89. The molecular weight excluding hydrogens is 392 g/mol. The number of β-amino-alcohol motifs (C(OH)–C–C–N with tert-alkyl or cyclic N) is 2. The Morgan fingerprint density at radius 3 is 2.39 bits per heavy atom. The minimum Gasteiger partial charge on any atom is -0.490 e. The Morgan fingerprint density at radius 2 is 1.65 bits per heavy atom. The van der Waals surface area contributed by atoms with Crippen LogP contribution in [0.1, 0.15) is 18.4 Å². The molecule has 2 N–H and O–H groups in total. The summed E-state index contributed by atoms with van der Waals surface area (Å²) in [5, 5.41) is 22.4. The van der Waals surface area contributed by atoms with Gasteiger partial charge in [-0.05, 0) is 43.5 Å². The van der Waals surface area contributed by atoms with Crippen molar-refractivity contribution in [3.8, 4) is 5.75 Å². The highest BCUT2D eigenvalue weighted by molar-refractivity contribution is 5.53. The van der Waals surface area contributed by atoms with Crippen molar-refractivity contribution < 1.29 is 19.7 Å². The van der Waals surface area contributed by atoms with Crippen molar-refractivity contribution in [2.24, 2.45) is 0 Å². The van der Waals surface area contributed by atoms with E-state index in [4.69, 9.17) is 9.47 Å². The number of aliphatic hydroxyl groups is 2. The van der Waals surface area contributed by atoms with Gasteiger partial charge in [-0.1, -0.05) is 36.4 Å². The summed E-state index contributed by atoms with van der Waals surface area (Å²) in [6.07, 6.45) is 1.41. The Morgan fingerprint density at radius 1 is 0.935 bits per heavy atom. The SMILES string of the molecule is Cc1ccccc1N1CCC(O)(CN2CCOCC(O)(COc3ccccc3)C2)CC1. The molecule has 0 radical (unpaired) electrons. The second kappa shape index (κ2) is 9.57. The number of benzene rings is 2. The summed E-state index contributed by atoms with van der Waals surface area (Å²) in [6, 6.07) is 17.9. The molecule has 4 rings (SSSR count). The molecule has 2 aliphatic heterocycles. The van der Waals surface area contributed by atoms with E-state index in [2.05, 4.69) is 41.0 Å². The van der Waals surface area contributed by atoms with E-state index in [0.29, 0.717) is 39.1 Å². The molecule has 2 fully saturated rings. The molecule has 1 atom stereocenters. The highest BCUT2D eigenvalue weighted by Crippen LogP contribution is 2.29. The zero-order chi connectivity index (χ0) is 21.7. The van der Waals surface area contributed by atoms with Gasteiger partial charge in [0.25, 0.3) is 0 Å². The van der Waals surface area contributed by atoms with Gasteiger partial charge in [0, 0.05) is 38.4 Å². The van der Waals surface area contributed by atoms with Gasteiger partial charge in [0.05, 0.1) is 18.8 Å². The average molecular weight is 427 g/mol. The molecule has 6 nitrogen and oxygen atoms in total. The fourth-order valence-corrected chi connectivity index (χ4v) is 4.61. The smallest absolute Gasteiger partial charge is 0.134 e. The van der Waals surface area contributed by atoms with Crippen LogP contribution in [-0.2, 0) is 4.74 Å². The van der Waals surface area contributed by atoms with E-state index < -0.39 is 11.2 Å². The van der Waals surface area contributed by atoms with E-state index in [9.17, 15) is 10.2 Å². The van der Waals surface area contributed by atoms with E-state index in [1.807, 2.05) is 30.3 Å². The number of nitrogens with zero attached hydrogens (tertiary/aromatic N) is 2. The van der Waals surface area contributed by atoms with Gasteiger partial charge in [0.15, 0.2) is 0 Å². The highest BCUT2D eigenvalue weighted by atomic mass is 16.5. The first-order valence-corrected chi connectivity index (χ1v) is 11.2. The summed E-state index contributed by atoms with van der Waals surface area (Å²) in [7, 11) is 0. The van der Waals surface area contributed by atoms with E-state index in [-0.39, 0.29) is 13.2 Å². The molecule has 0 amide bonds. The van der Waals surface area contributed by atoms with Gasteiger partial charge in [0.1, 0.15) is 18.0 Å². The van der Waals surface area contributed by atoms with Gasteiger partial charge >= 0.3 is 0 Å². The fourth-order valence-electron chi connectivity index (χ4n) is 4.61. The summed E-state index contributed by atoms with van der Waals surface area (Å²) >= 11 is 0. The van der Waals surface area contributed by atoms with Gasteiger partial charge in [-0.3, -0.25) is 4.90 Å². The molecule has 2 saturated heterocycles. The molecule has 6 heteroatoms. The van der Waals surface area contributed by atoms with Crippen molar-refractivity contribution in [3.05, 3.63) is 60.2 Å². The average Bonchev–Trinajstić information content (AvgIpc) is 2.95. The molecule has 0 aromatic heterocycles. The molecule has 31 heavy (non-hydrogen) atoms. The van der Waals surface area contributed by atoms with E-state index in [0.717, 1.165) is 18.8 Å². The van der Waals surface area contributed by atoms with Crippen LogP contribution in [0.4, 0.5) is 5.69 Å². The Hall–Kier alpha value is -2.12. The minimum atomic E-state index is -1.11. The lowest BCUT2D eigenvalue weighted by Crippen LogP contribution is -2.55. The molecule has 0 saturated carbocycles. The van der Waals surface area contributed by atoms with Gasteiger partial charge in [-0.2, -0.15) is 0 Å². The number of rotatable bonds is 6. The summed E-state index contributed by atoms with van der Waals surface area (Å²) in [5.41, 5.74) is 0.649. The van der Waals surface area contributed by atoms with Crippen molar-refractivity contribution in [3.63, 3.8) is 0 Å². The summed E-state index contributed by atoms with van der Waals surface area (Å²) in [5.74, 6) is 0.730. The number of hydrogen-bond acceptors (Lipinski definition) is 6. The van der Waals surface area contributed by atoms with E-state index in [1.54, 1.807) is 0 Å². The minimum absolute atomic E-state index is 0.160. The molecule has 2 aliphatic rings. The topological polar surface area (TPSA) is 65.4 Å². The predicted octanol–water partition coefficient (Wildman–Crippen LogP) is 2.47. The fraction of sp³-hybridized carbons (Fsp3) is 0.520. The van der Waals surface area contributed by atoms with Crippen molar-refractivity contribution in [2.75, 3.05) is 57.4 Å². The molecule has 2 heterocycles. The first-order valence-electron chi connectivity index (χ1n) is 11.2. The molecule has 0 spiro atoms. The number of ether oxygens (including phenoxy) is 2. The van der Waals surface area contributed by atoms with Crippen molar-refractivity contribution in [1.29, 1.82) is 0 Å². The normalized spacial score (nSPS) is 24.5. The largest absolute Gasteiger partial charge is 0.490 e. The van der Waals surface area contributed by atoms with Crippen LogP contribution in [0.5, 0.6) is 5.75 Å². The lowest BCUT2D eigenvalue weighted by molar-refractivity contribution is -0.0742. The zero-order valence-corrected chi connectivity index (χ0v) is 18.4. The monoisotopic (exact) mass is 426 g/mol. The van der Waals surface area contributed by atoms with Crippen molar-refractivity contribution in [2.45, 2.75) is 31.0 Å². The third kappa shape index (κ3) is 5.77. The summed E-state index contributed by atoms with van der Waals surface area (Å²) in [6.45, 7) is 6.36. The number of aryl methyl sites for hydroxylation is 1. The maximum Gasteiger partial charge on any atom is 0.134 e. The zero-order valence-electron chi connectivity index (χ0n) is 18.4. The number of piperidine rings is 1. The van der Waals surface area contributed by atoms with E-state index >= 15 is 0 Å². The highest BCUT2D eigenvalue weighted by Gasteiger charge is 2.39. The van der Waals surface area contributed by atoms with Gasteiger partial charge in [0.2, 0.25) is 0 Å². The second-order valence-corrected chi connectivity index (χ2v) is 9.09. The van der Waals surface area contributed by atoms with Crippen LogP contribution in [-0.4, -0.2) is 78.9 Å². The number of anilines is 1. The number of para-hydroxylation sites is 2. The molecule has 2 aromatic rings. The maximum atomic E-state index is 11.3. The Balaban J connectivity index is 1.34. The maximum absolute atomic E-state index is 11.3.